The van der Waals surface area contributed by atoms with Crippen molar-refractivity contribution in [3.63, 3.8) is 0 Å². The highest BCUT2D eigenvalue weighted by molar-refractivity contribution is 5.77. The number of hydrogen-bond acceptors (Lipinski definition) is 6. The molecule has 3 heterocycles. The quantitative estimate of drug-likeness (QED) is 0.807. The smallest absolute Gasteiger partial charge is 0.248 e. The summed E-state index contributed by atoms with van der Waals surface area (Å²) < 4.78 is 5.70. The predicted molar refractivity (Wildman–Crippen MR) is 78.1 cm³/mol. The topological polar surface area (TPSA) is 70.6 Å². The molecule has 1 N–H and O–H groups in total. The second-order valence-electron chi connectivity index (χ2n) is 5.77. The molecule has 1 aromatic heterocycles. The summed E-state index contributed by atoms with van der Waals surface area (Å²) in [4.78, 5) is 24.5. The van der Waals surface area contributed by atoms with Crippen molar-refractivity contribution in [1.29, 1.82) is 0 Å². The summed E-state index contributed by atoms with van der Waals surface area (Å²) in [6, 6.07) is 0. The minimum Gasteiger partial charge on any atom is -0.363 e. The molecule has 0 unspecified atom stereocenters. The Hall–Kier alpha value is -1.73. The molecule has 0 atom stereocenters. The van der Waals surface area contributed by atoms with Crippen molar-refractivity contribution in [1.82, 2.24) is 20.2 Å². The fourth-order valence-electron chi connectivity index (χ4n) is 2.55. The van der Waals surface area contributed by atoms with E-state index in [4.69, 9.17) is 4.74 Å². The van der Waals surface area contributed by atoms with E-state index >= 15 is 0 Å². The molecule has 1 amide bonds. The maximum Gasteiger partial charge on any atom is 0.248 e. The normalized spacial score (nSPS) is 21.0. The van der Waals surface area contributed by atoms with E-state index in [1.54, 1.807) is 18.6 Å². The first kappa shape index (κ1) is 14.2. The number of rotatable bonds is 4. The fraction of sp³-hybridized carbons (Fsp3) is 0.643. The summed E-state index contributed by atoms with van der Waals surface area (Å²) in [6.07, 6.45) is 5.11. The van der Waals surface area contributed by atoms with Gasteiger partial charge in [0, 0.05) is 51.7 Å². The number of ether oxygens (including phenoxy) is 1. The first-order valence-electron chi connectivity index (χ1n) is 7.30. The molecular weight excluding hydrogens is 270 g/mol. The van der Waals surface area contributed by atoms with Crippen molar-refractivity contribution in [3.05, 3.63) is 18.6 Å². The zero-order valence-electron chi connectivity index (χ0n) is 12.3. The van der Waals surface area contributed by atoms with E-state index in [2.05, 4.69) is 20.2 Å². The van der Waals surface area contributed by atoms with Gasteiger partial charge in [0.15, 0.2) is 0 Å². The second-order valence-corrected chi connectivity index (χ2v) is 5.77. The molecule has 21 heavy (non-hydrogen) atoms. The summed E-state index contributed by atoms with van der Waals surface area (Å²) in [5.41, 5.74) is -0.170. The van der Waals surface area contributed by atoms with Crippen LogP contribution in [-0.4, -0.2) is 72.3 Å². The van der Waals surface area contributed by atoms with Gasteiger partial charge in [0.25, 0.3) is 0 Å². The Labute approximate surface area is 124 Å². The summed E-state index contributed by atoms with van der Waals surface area (Å²) in [7, 11) is 0. The molecule has 1 aromatic rings. The molecule has 3 rings (SSSR count). The standard InChI is InChI=1S/C14H21N5O2/c1-14(10-16-11-14)21-9-13(20)19-6-4-18(5-7-19)12-8-15-2-3-17-12/h2-3,8,16H,4-7,9-11H2,1H3. The molecule has 0 spiro atoms. The first-order chi connectivity index (χ1) is 10.2. The molecule has 2 fully saturated rings. The lowest BCUT2D eigenvalue weighted by atomic mass is 10.0. The molecule has 114 valence electrons. The molecule has 0 radical (unpaired) electrons. The molecule has 2 aliphatic heterocycles. The predicted octanol–water partition coefficient (Wildman–Crippen LogP) is -0.496. The zero-order valence-corrected chi connectivity index (χ0v) is 12.3. The van der Waals surface area contributed by atoms with E-state index in [0.717, 1.165) is 32.0 Å². The monoisotopic (exact) mass is 291 g/mol. The first-order valence-corrected chi connectivity index (χ1v) is 7.30. The Morgan fingerprint density at radius 1 is 1.33 bits per heavy atom. The highest BCUT2D eigenvalue weighted by Crippen LogP contribution is 2.16. The van der Waals surface area contributed by atoms with E-state index in [9.17, 15) is 4.79 Å². The van der Waals surface area contributed by atoms with Gasteiger partial charge in [-0.2, -0.15) is 0 Å². The Bertz CT molecular complexity index is 483. The highest BCUT2D eigenvalue weighted by Gasteiger charge is 2.33. The third-order valence-corrected chi connectivity index (χ3v) is 4.05. The van der Waals surface area contributed by atoms with Crippen molar-refractivity contribution in [2.45, 2.75) is 12.5 Å². The van der Waals surface area contributed by atoms with E-state index in [1.807, 2.05) is 11.8 Å². The van der Waals surface area contributed by atoms with Gasteiger partial charge in [0.05, 0.1) is 11.8 Å². The SMILES string of the molecule is CC1(OCC(=O)N2CCN(c3cnccn3)CC2)CNC1. The molecule has 0 aromatic carbocycles. The van der Waals surface area contributed by atoms with Gasteiger partial charge in [-0.3, -0.25) is 9.78 Å². The highest BCUT2D eigenvalue weighted by atomic mass is 16.5. The van der Waals surface area contributed by atoms with Crippen LogP contribution in [0.15, 0.2) is 18.6 Å². The van der Waals surface area contributed by atoms with E-state index in [-0.39, 0.29) is 18.1 Å². The van der Waals surface area contributed by atoms with Crippen LogP contribution >= 0.6 is 0 Å². The van der Waals surface area contributed by atoms with Gasteiger partial charge < -0.3 is 19.9 Å². The van der Waals surface area contributed by atoms with Crippen molar-refractivity contribution < 1.29 is 9.53 Å². The second kappa shape index (κ2) is 5.95. The minimum atomic E-state index is -0.170. The molecule has 0 bridgehead atoms. The van der Waals surface area contributed by atoms with Gasteiger partial charge in [-0.1, -0.05) is 0 Å². The molecule has 0 saturated carbocycles. The van der Waals surface area contributed by atoms with Gasteiger partial charge in [0.2, 0.25) is 5.91 Å². The van der Waals surface area contributed by atoms with Gasteiger partial charge in [-0.05, 0) is 6.92 Å². The largest absolute Gasteiger partial charge is 0.363 e. The Morgan fingerprint density at radius 2 is 2.10 bits per heavy atom. The van der Waals surface area contributed by atoms with Crippen LogP contribution in [0.5, 0.6) is 0 Å². The average Bonchev–Trinajstić information content (AvgIpc) is 2.52. The maximum atomic E-state index is 12.2. The van der Waals surface area contributed by atoms with Crippen molar-refractivity contribution in [2.75, 3.05) is 50.8 Å². The van der Waals surface area contributed by atoms with Crippen LogP contribution in [-0.2, 0) is 9.53 Å². The third-order valence-electron chi connectivity index (χ3n) is 4.05. The number of hydrogen-bond donors (Lipinski definition) is 1. The van der Waals surface area contributed by atoms with Crippen LogP contribution < -0.4 is 10.2 Å². The lowest BCUT2D eigenvalue weighted by molar-refractivity contribution is -0.146. The number of carbonyl (C=O) groups is 1. The van der Waals surface area contributed by atoms with Crippen LogP contribution in [0.3, 0.4) is 0 Å². The molecule has 7 nitrogen and oxygen atoms in total. The van der Waals surface area contributed by atoms with Crippen LogP contribution in [0.25, 0.3) is 0 Å². The molecule has 2 aliphatic rings. The molecule has 7 heteroatoms. The van der Waals surface area contributed by atoms with E-state index < -0.39 is 0 Å². The lowest BCUT2D eigenvalue weighted by Gasteiger charge is -2.40. The van der Waals surface area contributed by atoms with Crippen molar-refractivity contribution >= 4 is 11.7 Å². The Balaban J connectivity index is 1.45. The number of amides is 1. The number of nitrogens with zero attached hydrogens (tertiary/aromatic N) is 4. The van der Waals surface area contributed by atoms with Crippen LogP contribution in [0.2, 0.25) is 0 Å². The summed E-state index contributed by atoms with van der Waals surface area (Å²) >= 11 is 0. The zero-order chi connectivity index (χ0) is 14.7. The number of anilines is 1. The minimum absolute atomic E-state index is 0.0712. The van der Waals surface area contributed by atoms with Gasteiger partial charge in [-0.25, -0.2) is 4.98 Å². The number of aromatic nitrogens is 2. The average molecular weight is 291 g/mol. The Kier molecular flexibility index (Phi) is 4.03. The van der Waals surface area contributed by atoms with E-state index in [1.165, 1.54) is 0 Å². The summed E-state index contributed by atoms with van der Waals surface area (Å²) in [6.45, 7) is 6.81. The van der Waals surface area contributed by atoms with Crippen molar-refractivity contribution in [3.8, 4) is 0 Å². The van der Waals surface area contributed by atoms with Gasteiger partial charge >= 0.3 is 0 Å². The summed E-state index contributed by atoms with van der Waals surface area (Å²) in [5.74, 6) is 0.941. The van der Waals surface area contributed by atoms with Gasteiger partial charge in [-0.15, -0.1) is 0 Å². The van der Waals surface area contributed by atoms with Crippen molar-refractivity contribution in [2.24, 2.45) is 0 Å². The number of piperazine rings is 1. The Morgan fingerprint density at radius 3 is 2.67 bits per heavy atom. The van der Waals surface area contributed by atoms with Crippen LogP contribution in [0, 0.1) is 0 Å². The third kappa shape index (κ3) is 3.30. The molecular formula is C14H21N5O2. The maximum absolute atomic E-state index is 12.2. The van der Waals surface area contributed by atoms with E-state index in [0.29, 0.717) is 13.1 Å². The number of carbonyl (C=O) groups excluding carboxylic acids is 1. The fourth-order valence-corrected chi connectivity index (χ4v) is 2.55. The number of nitrogens with one attached hydrogen (secondary N) is 1. The molecule has 0 aliphatic carbocycles. The van der Waals surface area contributed by atoms with Crippen LogP contribution in [0.4, 0.5) is 5.82 Å². The summed E-state index contributed by atoms with van der Waals surface area (Å²) in [5, 5.41) is 3.16. The van der Waals surface area contributed by atoms with Crippen LogP contribution in [0.1, 0.15) is 6.92 Å². The van der Waals surface area contributed by atoms with Gasteiger partial charge in [0.1, 0.15) is 12.4 Å². The molecule has 2 saturated heterocycles. The lowest BCUT2D eigenvalue weighted by Crippen LogP contribution is -2.60.